The molecule has 0 unspecified atom stereocenters. The summed E-state index contributed by atoms with van der Waals surface area (Å²) in [5.74, 6) is 0.702. The molecule has 1 saturated heterocycles. The minimum atomic E-state index is -0.390. The predicted molar refractivity (Wildman–Crippen MR) is 109 cm³/mol. The summed E-state index contributed by atoms with van der Waals surface area (Å²) < 4.78 is 11.4. The maximum absolute atomic E-state index is 12.2. The number of anilines is 1. The van der Waals surface area contributed by atoms with E-state index in [-0.39, 0.29) is 18.5 Å². The van der Waals surface area contributed by atoms with Crippen molar-refractivity contribution in [2.24, 2.45) is 0 Å². The van der Waals surface area contributed by atoms with Crippen LogP contribution in [0, 0.1) is 0 Å². The molecule has 1 aromatic carbocycles. The van der Waals surface area contributed by atoms with Crippen LogP contribution in [0.3, 0.4) is 0 Å². The molecule has 1 amide bonds. The van der Waals surface area contributed by atoms with Gasteiger partial charge in [0.15, 0.2) is 0 Å². The number of likely N-dealkylation sites (tertiary alicyclic amines) is 1. The number of piperidine rings is 1. The van der Waals surface area contributed by atoms with Gasteiger partial charge in [0.25, 0.3) is 0 Å². The van der Waals surface area contributed by atoms with E-state index >= 15 is 0 Å². The van der Waals surface area contributed by atoms with Gasteiger partial charge in [0.05, 0.1) is 12.3 Å². The number of nitrogens with zero attached hydrogens (tertiary/aromatic N) is 1. The van der Waals surface area contributed by atoms with Crippen LogP contribution in [0.2, 0.25) is 0 Å². The van der Waals surface area contributed by atoms with Crippen molar-refractivity contribution in [3.63, 3.8) is 0 Å². The topological polar surface area (TPSA) is 50.8 Å². The molecule has 1 heterocycles. The number of para-hydroxylation sites is 2. The molecule has 148 valence electrons. The number of hydrogen-bond acceptors (Lipinski definition) is 4. The standard InChI is InChI=1S/C20H32N2O3.ClH/c1-3-5-8-16-24-19-10-7-6-9-18(19)21-20(23)25-17-11-14-22(13-4-2)15-12-17;/h6-7,9-10,17H,3-5,8,11-16H2,1-2H3,(H,21,23);1H. The molecular formula is C20H33ClN2O3. The molecule has 1 aliphatic heterocycles. The SMILES string of the molecule is CCCCCOc1ccccc1NC(=O)OC1CCN(CCC)CC1.Cl. The average Bonchev–Trinajstić information content (AvgIpc) is 2.62. The molecule has 1 N–H and O–H groups in total. The van der Waals surface area contributed by atoms with Crippen molar-refractivity contribution in [1.29, 1.82) is 0 Å². The van der Waals surface area contributed by atoms with E-state index in [1.165, 1.54) is 6.42 Å². The van der Waals surface area contributed by atoms with Crippen molar-refractivity contribution < 1.29 is 14.3 Å². The van der Waals surface area contributed by atoms with E-state index < -0.39 is 6.09 Å². The third kappa shape index (κ3) is 7.83. The lowest BCUT2D eigenvalue weighted by atomic mass is 10.1. The molecule has 0 saturated carbocycles. The summed E-state index contributed by atoms with van der Waals surface area (Å²) in [5, 5.41) is 2.84. The number of halogens is 1. The fourth-order valence-corrected chi connectivity index (χ4v) is 3.09. The highest BCUT2D eigenvalue weighted by Crippen LogP contribution is 2.25. The Kier molecular flexibility index (Phi) is 11.1. The minimum absolute atomic E-state index is 0. The van der Waals surface area contributed by atoms with E-state index in [0.29, 0.717) is 18.0 Å². The smallest absolute Gasteiger partial charge is 0.412 e. The Balaban J connectivity index is 0.00000338. The Morgan fingerprint density at radius 3 is 2.58 bits per heavy atom. The van der Waals surface area contributed by atoms with Gasteiger partial charge in [0.2, 0.25) is 0 Å². The number of carbonyl (C=O) groups excluding carboxylic acids is 1. The lowest BCUT2D eigenvalue weighted by Crippen LogP contribution is -2.38. The summed E-state index contributed by atoms with van der Waals surface area (Å²) in [4.78, 5) is 14.6. The quantitative estimate of drug-likeness (QED) is 0.601. The van der Waals surface area contributed by atoms with Crippen molar-refractivity contribution in [1.82, 2.24) is 4.90 Å². The minimum Gasteiger partial charge on any atom is -0.491 e. The Bertz CT molecular complexity index is 520. The Morgan fingerprint density at radius 2 is 1.88 bits per heavy atom. The van der Waals surface area contributed by atoms with Gasteiger partial charge in [0.1, 0.15) is 11.9 Å². The maximum atomic E-state index is 12.2. The van der Waals surface area contributed by atoms with Gasteiger partial charge in [-0.1, -0.05) is 38.8 Å². The Morgan fingerprint density at radius 1 is 1.15 bits per heavy atom. The first-order valence-electron chi connectivity index (χ1n) is 9.64. The van der Waals surface area contributed by atoms with Crippen LogP contribution in [0.1, 0.15) is 52.4 Å². The van der Waals surface area contributed by atoms with Crippen LogP contribution in [-0.4, -0.2) is 43.3 Å². The molecule has 0 bridgehead atoms. The molecular weight excluding hydrogens is 352 g/mol. The normalized spacial score (nSPS) is 15.2. The predicted octanol–water partition coefficient (Wildman–Crippen LogP) is 5.10. The highest BCUT2D eigenvalue weighted by molar-refractivity contribution is 5.86. The highest BCUT2D eigenvalue weighted by atomic mass is 35.5. The van der Waals surface area contributed by atoms with E-state index in [1.54, 1.807) is 0 Å². The third-order valence-corrected chi connectivity index (χ3v) is 4.48. The van der Waals surface area contributed by atoms with Crippen LogP contribution in [0.5, 0.6) is 5.75 Å². The summed E-state index contributed by atoms with van der Waals surface area (Å²) in [7, 11) is 0. The first-order valence-corrected chi connectivity index (χ1v) is 9.64. The van der Waals surface area contributed by atoms with Crippen LogP contribution in [0.4, 0.5) is 10.5 Å². The van der Waals surface area contributed by atoms with Gasteiger partial charge in [0, 0.05) is 13.1 Å². The van der Waals surface area contributed by atoms with E-state index in [4.69, 9.17) is 9.47 Å². The molecule has 5 nitrogen and oxygen atoms in total. The van der Waals surface area contributed by atoms with Gasteiger partial charge in [-0.2, -0.15) is 0 Å². The molecule has 0 radical (unpaired) electrons. The molecule has 2 rings (SSSR count). The van der Waals surface area contributed by atoms with Gasteiger partial charge >= 0.3 is 6.09 Å². The second-order valence-corrected chi connectivity index (χ2v) is 6.62. The Hall–Kier alpha value is -1.46. The number of ether oxygens (including phenoxy) is 2. The molecule has 0 spiro atoms. The summed E-state index contributed by atoms with van der Waals surface area (Å²) in [6.45, 7) is 8.15. The summed E-state index contributed by atoms with van der Waals surface area (Å²) in [5.41, 5.74) is 0.674. The van der Waals surface area contributed by atoms with Crippen molar-refractivity contribution in [3.8, 4) is 5.75 Å². The van der Waals surface area contributed by atoms with E-state index in [2.05, 4.69) is 24.1 Å². The molecule has 1 aliphatic rings. The highest BCUT2D eigenvalue weighted by Gasteiger charge is 2.22. The van der Waals surface area contributed by atoms with Gasteiger partial charge in [-0.05, 0) is 44.4 Å². The van der Waals surface area contributed by atoms with E-state index in [9.17, 15) is 4.79 Å². The molecule has 0 aliphatic carbocycles. The first-order chi connectivity index (χ1) is 12.2. The van der Waals surface area contributed by atoms with Crippen molar-refractivity contribution >= 4 is 24.2 Å². The number of carbonyl (C=O) groups is 1. The van der Waals surface area contributed by atoms with Gasteiger partial charge < -0.3 is 14.4 Å². The molecule has 0 aromatic heterocycles. The van der Waals surface area contributed by atoms with Crippen molar-refractivity contribution in [3.05, 3.63) is 24.3 Å². The van der Waals surface area contributed by atoms with E-state index in [0.717, 1.165) is 51.7 Å². The van der Waals surface area contributed by atoms with Crippen molar-refractivity contribution in [2.75, 3.05) is 31.6 Å². The lowest BCUT2D eigenvalue weighted by molar-refractivity contribution is 0.0590. The van der Waals surface area contributed by atoms with Crippen LogP contribution in [0.15, 0.2) is 24.3 Å². The van der Waals surface area contributed by atoms with Crippen LogP contribution >= 0.6 is 12.4 Å². The van der Waals surface area contributed by atoms with Gasteiger partial charge in [-0.3, -0.25) is 5.32 Å². The fraction of sp³-hybridized carbons (Fsp3) is 0.650. The lowest BCUT2D eigenvalue weighted by Gasteiger charge is -2.31. The van der Waals surface area contributed by atoms with Crippen LogP contribution < -0.4 is 10.1 Å². The Labute approximate surface area is 163 Å². The number of benzene rings is 1. The maximum Gasteiger partial charge on any atom is 0.412 e. The van der Waals surface area contributed by atoms with E-state index in [1.807, 2.05) is 24.3 Å². The number of amides is 1. The number of rotatable bonds is 9. The van der Waals surface area contributed by atoms with Crippen LogP contribution in [-0.2, 0) is 4.74 Å². The molecule has 26 heavy (non-hydrogen) atoms. The largest absolute Gasteiger partial charge is 0.491 e. The number of nitrogens with one attached hydrogen (secondary N) is 1. The molecule has 1 fully saturated rings. The second-order valence-electron chi connectivity index (χ2n) is 6.62. The number of unbranched alkanes of at least 4 members (excludes halogenated alkanes) is 2. The molecule has 6 heteroatoms. The zero-order chi connectivity index (χ0) is 17.9. The summed E-state index contributed by atoms with van der Waals surface area (Å²) >= 11 is 0. The van der Waals surface area contributed by atoms with Crippen molar-refractivity contribution in [2.45, 2.75) is 58.5 Å². The number of hydrogen-bond donors (Lipinski definition) is 1. The first kappa shape index (κ1) is 22.6. The molecule has 1 aromatic rings. The monoisotopic (exact) mass is 384 g/mol. The third-order valence-electron chi connectivity index (χ3n) is 4.48. The summed E-state index contributed by atoms with van der Waals surface area (Å²) in [6, 6.07) is 7.53. The zero-order valence-corrected chi connectivity index (χ0v) is 16.9. The summed E-state index contributed by atoms with van der Waals surface area (Å²) in [6.07, 6.45) is 5.92. The fourth-order valence-electron chi connectivity index (χ4n) is 3.09. The van der Waals surface area contributed by atoms with Gasteiger partial charge in [-0.25, -0.2) is 4.79 Å². The van der Waals surface area contributed by atoms with Gasteiger partial charge in [-0.15, -0.1) is 12.4 Å². The zero-order valence-electron chi connectivity index (χ0n) is 16.0. The second kappa shape index (κ2) is 12.8. The average molecular weight is 385 g/mol. The van der Waals surface area contributed by atoms with Crippen LogP contribution in [0.25, 0.3) is 0 Å². The molecule has 0 atom stereocenters.